The standard InChI is InChI=1S/C21H34N4O2.C8H11N.C2H6.CH4/c1-18(26)25(15-7-14-23-12-5-2-6-13-23)21-9-4-3-8-20(21)22-19-10-16-24(27)17-11-19;1-9-7-8-5-3-2-4-6-8;1-2;/h3-4,8-9,19,22,27H,2,5-7,10-17H2,1H3;2-6,9H,7H2,1H3;1-2H3;1H4. The highest BCUT2D eigenvalue weighted by molar-refractivity contribution is 5.95. The second-order valence-electron chi connectivity index (χ2n) is 9.83. The molecule has 0 spiro atoms. The van der Waals surface area contributed by atoms with Crippen LogP contribution in [0.3, 0.4) is 0 Å². The van der Waals surface area contributed by atoms with E-state index < -0.39 is 0 Å². The maximum atomic E-state index is 12.4. The lowest BCUT2D eigenvalue weighted by Crippen LogP contribution is -2.38. The predicted octanol–water partition coefficient (Wildman–Crippen LogP) is 6.25. The summed E-state index contributed by atoms with van der Waals surface area (Å²) >= 11 is 0. The van der Waals surface area contributed by atoms with Gasteiger partial charge in [0.15, 0.2) is 0 Å². The first-order chi connectivity index (χ1) is 18.6. The molecule has 2 saturated heterocycles. The van der Waals surface area contributed by atoms with E-state index in [1.54, 1.807) is 6.92 Å². The van der Waals surface area contributed by atoms with Crippen molar-refractivity contribution in [3.8, 4) is 0 Å². The number of hydrogen-bond donors (Lipinski definition) is 3. The SMILES string of the molecule is C.CC.CC(=O)N(CCCN1CCCCC1)c1ccccc1NC1CCN(O)CC1.CNCc1ccccc1. The highest BCUT2D eigenvalue weighted by atomic mass is 16.5. The van der Waals surface area contributed by atoms with Crippen LogP contribution in [-0.4, -0.2) is 73.4 Å². The Balaban J connectivity index is 0.000000535. The molecule has 2 fully saturated rings. The van der Waals surface area contributed by atoms with Gasteiger partial charge in [-0.3, -0.25) is 4.79 Å². The summed E-state index contributed by atoms with van der Waals surface area (Å²) in [6.45, 7) is 12.2. The van der Waals surface area contributed by atoms with E-state index in [-0.39, 0.29) is 13.3 Å². The van der Waals surface area contributed by atoms with Crippen molar-refractivity contribution in [3.63, 3.8) is 0 Å². The zero-order chi connectivity index (χ0) is 27.6. The molecule has 7 nitrogen and oxygen atoms in total. The molecule has 4 rings (SSSR count). The first-order valence-corrected chi connectivity index (χ1v) is 14.5. The van der Waals surface area contributed by atoms with Crippen LogP contribution < -0.4 is 15.5 Å². The van der Waals surface area contributed by atoms with Gasteiger partial charge >= 0.3 is 0 Å². The van der Waals surface area contributed by atoms with E-state index in [1.165, 1.54) is 43.0 Å². The van der Waals surface area contributed by atoms with Crippen LogP contribution in [0.2, 0.25) is 0 Å². The van der Waals surface area contributed by atoms with Gasteiger partial charge in [-0.1, -0.05) is 70.2 Å². The molecule has 3 N–H and O–H groups in total. The van der Waals surface area contributed by atoms with Crippen molar-refractivity contribution in [2.75, 3.05) is 56.5 Å². The second kappa shape index (κ2) is 20.5. The normalized spacial score (nSPS) is 16.0. The Morgan fingerprint density at radius 1 is 0.949 bits per heavy atom. The largest absolute Gasteiger partial charge is 0.381 e. The Kier molecular flexibility index (Phi) is 18.1. The number of hydrogen-bond acceptors (Lipinski definition) is 6. The Hall–Kier alpha value is -2.45. The van der Waals surface area contributed by atoms with E-state index in [9.17, 15) is 10.0 Å². The van der Waals surface area contributed by atoms with Gasteiger partial charge in [-0.05, 0) is 76.5 Å². The molecular weight excluding hydrogens is 486 g/mol. The fourth-order valence-electron chi connectivity index (χ4n) is 4.94. The van der Waals surface area contributed by atoms with Gasteiger partial charge in [-0.25, -0.2) is 0 Å². The molecule has 2 aliphatic heterocycles. The molecule has 2 heterocycles. The third-order valence-electron chi connectivity index (χ3n) is 6.93. The van der Waals surface area contributed by atoms with Gasteiger partial charge in [0.05, 0.1) is 11.4 Å². The summed E-state index contributed by atoms with van der Waals surface area (Å²) in [5.74, 6) is 0.0908. The quantitative estimate of drug-likeness (QED) is 0.349. The summed E-state index contributed by atoms with van der Waals surface area (Å²) in [4.78, 5) is 16.8. The van der Waals surface area contributed by atoms with Crippen LogP contribution in [0.5, 0.6) is 0 Å². The number of amides is 1. The van der Waals surface area contributed by atoms with Gasteiger partial charge in [0.1, 0.15) is 0 Å². The first-order valence-electron chi connectivity index (χ1n) is 14.5. The van der Waals surface area contributed by atoms with Crippen LogP contribution in [-0.2, 0) is 11.3 Å². The molecule has 2 aromatic carbocycles. The van der Waals surface area contributed by atoms with Crippen LogP contribution >= 0.6 is 0 Å². The molecule has 0 saturated carbocycles. The second-order valence-corrected chi connectivity index (χ2v) is 9.83. The number of hydroxylamine groups is 2. The lowest BCUT2D eigenvalue weighted by molar-refractivity contribution is -0.116. The van der Waals surface area contributed by atoms with Crippen LogP contribution in [0.15, 0.2) is 54.6 Å². The highest BCUT2D eigenvalue weighted by Crippen LogP contribution is 2.28. The van der Waals surface area contributed by atoms with E-state index >= 15 is 0 Å². The first kappa shape index (κ1) is 34.6. The van der Waals surface area contributed by atoms with Gasteiger partial charge < -0.3 is 25.6 Å². The number of anilines is 2. The number of carbonyl (C=O) groups is 1. The Labute approximate surface area is 238 Å². The van der Waals surface area contributed by atoms with Gasteiger partial charge in [-0.2, -0.15) is 5.06 Å². The van der Waals surface area contributed by atoms with Crippen molar-refractivity contribution < 1.29 is 10.0 Å². The minimum absolute atomic E-state index is 0. The van der Waals surface area contributed by atoms with Crippen LogP contribution in [0.1, 0.15) is 72.3 Å². The molecule has 2 aliphatic rings. The summed E-state index contributed by atoms with van der Waals surface area (Å²) in [7, 11) is 1.95. The fourth-order valence-corrected chi connectivity index (χ4v) is 4.94. The molecular formula is C32H55N5O2. The van der Waals surface area contributed by atoms with E-state index in [0.29, 0.717) is 19.1 Å². The number of nitrogens with zero attached hydrogens (tertiary/aromatic N) is 3. The average Bonchev–Trinajstić information content (AvgIpc) is 2.95. The maximum Gasteiger partial charge on any atom is 0.223 e. The van der Waals surface area contributed by atoms with Crippen molar-refractivity contribution in [1.82, 2.24) is 15.3 Å². The van der Waals surface area contributed by atoms with Gasteiger partial charge in [-0.15, -0.1) is 0 Å². The third kappa shape index (κ3) is 13.0. The van der Waals surface area contributed by atoms with E-state index in [2.05, 4.69) is 33.7 Å². The van der Waals surface area contributed by atoms with Crippen LogP contribution in [0, 0.1) is 0 Å². The van der Waals surface area contributed by atoms with E-state index in [0.717, 1.165) is 50.3 Å². The smallest absolute Gasteiger partial charge is 0.223 e. The Bertz CT molecular complexity index is 881. The molecule has 0 bridgehead atoms. The summed E-state index contributed by atoms with van der Waals surface area (Å²) in [6.07, 6.45) is 6.76. The van der Waals surface area contributed by atoms with Crippen LogP contribution in [0.25, 0.3) is 0 Å². The Morgan fingerprint density at radius 2 is 1.56 bits per heavy atom. The predicted molar refractivity (Wildman–Crippen MR) is 167 cm³/mol. The number of carbonyl (C=O) groups excluding carboxylic acids is 1. The van der Waals surface area contributed by atoms with E-state index in [1.807, 2.05) is 62.2 Å². The summed E-state index contributed by atoms with van der Waals surface area (Å²) < 4.78 is 0. The zero-order valence-corrected chi connectivity index (χ0v) is 24.2. The minimum Gasteiger partial charge on any atom is -0.381 e. The average molecular weight is 542 g/mol. The van der Waals surface area contributed by atoms with Crippen molar-refractivity contribution in [2.24, 2.45) is 0 Å². The number of benzene rings is 2. The van der Waals surface area contributed by atoms with Crippen molar-refractivity contribution >= 4 is 17.3 Å². The number of piperidine rings is 2. The molecule has 0 atom stereocenters. The molecule has 7 heteroatoms. The zero-order valence-electron chi connectivity index (χ0n) is 24.2. The monoisotopic (exact) mass is 541 g/mol. The summed E-state index contributed by atoms with van der Waals surface area (Å²) in [5, 5.41) is 17.6. The van der Waals surface area contributed by atoms with Crippen LogP contribution in [0.4, 0.5) is 11.4 Å². The molecule has 39 heavy (non-hydrogen) atoms. The number of rotatable bonds is 9. The van der Waals surface area contributed by atoms with Crippen molar-refractivity contribution in [1.29, 1.82) is 0 Å². The molecule has 220 valence electrons. The summed E-state index contributed by atoms with van der Waals surface area (Å²) in [6, 6.07) is 18.8. The number of likely N-dealkylation sites (tertiary alicyclic amines) is 1. The topological polar surface area (TPSA) is 71.1 Å². The fraction of sp³-hybridized carbons (Fsp3) is 0.594. The van der Waals surface area contributed by atoms with Crippen molar-refractivity contribution in [3.05, 3.63) is 60.2 Å². The lowest BCUT2D eigenvalue weighted by Gasteiger charge is -2.31. The molecule has 0 aromatic heterocycles. The van der Waals surface area contributed by atoms with Gasteiger partial charge in [0.25, 0.3) is 0 Å². The third-order valence-corrected chi connectivity index (χ3v) is 6.93. The number of nitrogens with one attached hydrogen (secondary N) is 2. The lowest BCUT2D eigenvalue weighted by atomic mass is 10.1. The van der Waals surface area contributed by atoms with E-state index in [4.69, 9.17) is 0 Å². The Morgan fingerprint density at radius 3 is 2.18 bits per heavy atom. The number of para-hydroxylation sites is 2. The molecule has 0 radical (unpaired) electrons. The minimum atomic E-state index is 0. The molecule has 0 aliphatic carbocycles. The van der Waals surface area contributed by atoms with Crippen molar-refractivity contribution in [2.45, 2.75) is 79.3 Å². The highest BCUT2D eigenvalue weighted by Gasteiger charge is 2.21. The maximum absolute atomic E-state index is 12.4. The van der Waals surface area contributed by atoms with Gasteiger partial charge in [0, 0.05) is 39.1 Å². The summed E-state index contributed by atoms with van der Waals surface area (Å²) in [5.41, 5.74) is 3.32. The van der Waals surface area contributed by atoms with Gasteiger partial charge in [0.2, 0.25) is 5.91 Å². The molecule has 0 unspecified atom stereocenters. The molecule has 2 aromatic rings. The molecule has 1 amide bonds.